The lowest BCUT2D eigenvalue weighted by Gasteiger charge is -2.22. The number of rotatable bonds is 4. The zero-order chi connectivity index (χ0) is 11.3. The first-order chi connectivity index (χ1) is 7.15. The van der Waals surface area contributed by atoms with Crippen molar-refractivity contribution >= 4 is 5.97 Å². The van der Waals surface area contributed by atoms with Crippen molar-refractivity contribution in [3.63, 3.8) is 0 Å². The largest absolute Gasteiger partial charge is 0.465 e. The zero-order valence-electron chi connectivity index (χ0n) is 10.1. The van der Waals surface area contributed by atoms with Crippen molar-refractivity contribution < 1.29 is 9.53 Å². The summed E-state index contributed by atoms with van der Waals surface area (Å²) in [7, 11) is 0. The molecule has 1 atom stereocenters. The average molecular weight is 210 g/mol. The molecular formula is C13H22O2. The zero-order valence-corrected chi connectivity index (χ0v) is 10.1. The third kappa shape index (κ3) is 3.69. The Balaban J connectivity index is 2.36. The summed E-state index contributed by atoms with van der Waals surface area (Å²) in [5.74, 6) is 0.126. The fourth-order valence-electron chi connectivity index (χ4n) is 1.89. The summed E-state index contributed by atoms with van der Waals surface area (Å²) >= 11 is 0. The van der Waals surface area contributed by atoms with E-state index in [2.05, 4.69) is 20.8 Å². The van der Waals surface area contributed by atoms with Crippen molar-refractivity contribution in [3.8, 4) is 0 Å². The smallest absolute Gasteiger partial charge is 0.309 e. The minimum Gasteiger partial charge on any atom is -0.465 e. The summed E-state index contributed by atoms with van der Waals surface area (Å²) in [4.78, 5) is 11.7. The molecule has 2 heteroatoms. The molecule has 0 bridgehead atoms. The highest BCUT2D eigenvalue weighted by molar-refractivity contribution is 5.73. The van der Waals surface area contributed by atoms with Gasteiger partial charge in [0.15, 0.2) is 0 Å². The molecule has 15 heavy (non-hydrogen) atoms. The molecule has 0 N–H and O–H groups in total. The summed E-state index contributed by atoms with van der Waals surface area (Å²) in [6.07, 6.45) is 4.98. The van der Waals surface area contributed by atoms with Crippen LogP contribution < -0.4 is 0 Å². The molecule has 0 aliphatic heterocycles. The van der Waals surface area contributed by atoms with E-state index in [9.17, 15) is 4.79 Å². The Morgan fingerprint density at radius 1 is 1.40 bits per heavy atom. The van der Waals surface area contributed by atoms with Gasteiger partial charge in [-0.2, -0.15) is 0 Å². The molecule has 0 saturated carbocycles. The molecule has 1 aliphatic carbocycles. The van der Waals surface area contributed by atoms with Crippen LogP contribution in [-0.2, 0) is 9.53 Å². The number of unbranched alkanes of at least 4 members (excludes halogenated alkanes) is 1. The molecule has 0 amide bonds. The molecule has 0 heterocycles. The van der Waals surface area contributed by atoms with Gasteiger partial charge in [-0.25, -0.2) is 0 Å². The number of allylic oxidation sites excluding steroid dienone is 2. The summed E-state index contributed by atoms with van der Waals surface area (Å²) in [5.41, 5.74) is 2.83. The van der Waals surface area contributed by atoms with Crippen molar-refractivity contribution in [1.82, 2.24) is 0 Å². The SMILES string of the molecule is CCCCOC(=O)C1CCC(C)=C(C)C1. The number of hydrogen-bond donors (Lipinski definition) is 0. The maximum absolute atomic E-state index is 11.7. The van der Waals surface area contributed by atoms with E-state index in [1.165, 1.54) is 11.1 Å². The topological polar surface area (TPSA) is 26.3 Å². The van der Waals surface area contributed by atoms with E-state index in [0.29, 0.717) is 6.61 Å². The Labute approximate surface area is 92.7 Å². The summed E-state index contributed by atoms with van der Waals surface area (Å²) in [5, 5.41) is 0. The van der Waals surface area contributed by atoms with Crippen molar-refractivity contribution in [1.29, 1.82) is 0 Å². The molecule has 0 aromatic heterocycles. The van der Waals surface area contributed by atoms with Crippen LogP contribution in [-0.4, -0.2) is 12.6 Å². The third-order valence-corrected chi connectivity index (χ3v) is 3.22. The molecule has 1 unspecified atom stereocenters. The Hall–Kier alpha value is -0.790. The van der Waals surface area contributed by atoms with Gasteiger partial charge >= 0.3 is 5.97 Å². The van der Waals surface area contributed by atoms with E-state index in [1.807, 2.05) is 0 Å². The van der Waals surface area contributed by atoms with Crippen LogP contribution in [0.15, 0.2) is 11.1 Å². The fraction of sp³-hybridized carbons (Fsp3) is 0.769. The number of ether oxygens (including phenoxy) is 1. The van der Waals surface area contributed by atoms with Gasteiger partial charge in [-0.05, 0) is 39.5 Å². The van der Waals surface area contributed by atoms with Gasteiger partial charge in [-0.15, -0.1) is 0 Å². The molecule has 86 valence electrons. The number of carbonyl (C=O) groups excluding carboxylic acids is 1. The highest BCUT2D eigenvalue weighted by Crippen LogP contribution is 2.29. The first-order valence-electron chi connectivity index (χ1n) is 5.97. The van der Waals surface area contributed by atoms with Crippen LogP contribution in [0.5, 0.6) is 0 Å². The van der Waals surface area contributed by atoms with Crippen molar-refractivity contribution in [2.24, 2.45) is 5.92 Å². The average Bonchev–Trinajstić information content (AvgIpc) is 2.22. The standard InChI is InChI=1S/C13H22O2/c1-4-5-8-15-13(14)12-7-6-10(2)11(3)9-12/h12H,4-9H2,1-3H3. The van der Waals surface area contributed by atoms with Crippen molar-refractivity contribution in [2.45, 2.75) is 52.9 Å². The van der Waals surface area contributed by atoms with Crippen LogP contribution in [0.1, 0.15) is 52.9 Å². The highest BCUT2D eigenvalue weighted by Gasteiger charge is 2.24. The second kappa shape index (κ2) is 5.94. The lowest BCUT2D eigenvalue weighted by molar-refractivity contribution is -0.149. The van der Waals surface area contributed by atoms with E-state index in [-0.39, 0.29) is 11.9 Å². The fourth-order valence-corrected chi connectivity index (χ4v) is 1.89. The molecular weight excluding hydrogens is 188 g/mol. The summed E-state index contributed by atoms with van der Waals surface area (Å²) < 4.78 is 5.24. The van der Waals surface area contributed by atoms with Crippen LogP contribution in [0.2, 0.25) is 0 Å². The Morgan fingerprint density at radius 2 is 2.13 bits per heavy atom. The normalized spacial score (nSPS) is 21.7. The van der Waals surface area contributed by atoms with Gasteiger partial charge in [-0.3, -0.25) is 4.79 Å². The quantitative estimate of drug-likeness (QED) is 0.403. The third-order valence-electron chi connectivity index (χ3n) is 3.22. The van der Waals surface area contributed by atoms with E-state index < -0.39 is 0 Å². The Morgan fingerprint density at radius 3 is 2.73 bits per heavy atom. The minimum atomic E-state index is 0.00954. The maximum Gasteiger partial charge on any atom is 0.309 e. The second-order valence-corrected chi connectivity index (χ2v) is 4.52. The molecule has 1 aliphatic rings. The van der Waals surface area contributed by atoms with Crippen LogP contribution in [0.3, 0.4) is 0 Å². The summed E-state index contributed by atoms with van der Waals surface area (Å²) in [6, 6.07) is 0. The van der Waals surface area contributed by atoms with Crippen LogP contribution in [0.4, 0.5) is 0 Å². The predicted octanol–water partition coefficient (Wildman–Crippen LogP) is 3.47. The molecule has 0 aromatic carbocycles. The van der Waals surface area contributed by atoms with Gasteiger partial charge in [0.2, 0.25) is 0 Å². The van der Waals surface area contributed by atoms with Gasteiger partial charge < -0.3 is 4.74 Å². The van der Waals surface area contributed by atoms with Gasteiger partial charge in [0.05, 0.1) is 12.5 Å². The van der Waals surface area contributed by atoms with Crippen LogP contribution in [0, 0.1) is 5.92 Å². The number of carbonyl (C=O) groups is 1. The monoisotopic (exact) mass is 210 g/mol. The van der Waals surface area contributed by atoms with Crippen LogP contribution in [0.25, 0.3) is 0 Å². The molecule has 2 nitrogen and oxygen atoms in total. The predicted molar refractivity (Wildman–Crippen MR) is 61.6 cm³/mol. The van der Waals surface area contributed by atoms with Gasteiger partial charge in [0.25, 0.3) is 0 Å². The highest BCUT2D eigenvalue weighted by atomic mass is 16.5. The second-order valence-electron chi connectivity index (χ2n) is 4.52. The molecule has 0 fully saturated rings. The minimum absolute atomic E-state index is 0.00954. The first-order valence-corrected chi connectivity index (χ1v) is 5.97. The van der Waals surface area contributed by atoms with Gasteiger partial charge in [0.1, 0.15) is 0 Å². The maximum atomic E-state index is 11.7. The van der Waals surface area contributed by atoms with Crippen LogP contribution >= 0.6 is 0 Å². The Kier molecular flexibility index (Phi) is 4.86. The molecule has 1 rings (SSSR count). The van der Waals surface area contributed by atoms with Crippen molar-refractivity contribution in [2.75, 3.05) is 6.61 Å². The first kappa shape index (κ1) is 12.3. The number of esters is 1. The molecule has 0 aromatic rings. The molecule has 0 spiro atoms. The lowest BCUT2D eigenvalue weighted by Crippen LogP contribution is -2.21. The molecule has 0 saturated heterocycles. The lowest BCUT2D eigenvalue weighted by atomic mass is 9.85. The Bertz CT molecular complexity index is 253. The van der Waals surface area contributed by atoms with E-state index in [1.54, 1.807) is 0 Å². The van der Waals surface area contributed by atoms with Crippen molar-refractivity contribution in [3.05, 3.63) is 11.1 Å². The van der Waals surface area contributed by atoms with E-state index in [4.69, 9.17) is 4.74 Å². The van der Waals surface area contributed by atoms with E-state index >= 15 is 0 Å². The van der Waals surface area contributed by atoms with E-state index in [0.717, 1.165) is 32.1 Å². The number of hydrogen-bond acceptors (Lipinski definition) is 2. The van der Waals surface area contributed by atoms with Gasteiger partial charge in [-0.1, -0.05) is 24.5 Å². The summed E-state index contributed by atoms with van der Waals surface area (Å²) in [6.45, 7) is 6.98. The molecule has 0 radical (unpaired) electrons. The van der Waals surface area contributed by atoms with Gasteiger partial charge in [0, 0.05) is 0 Å².